The highest BCUT2D eigenvalue weighted by atomic mass is 127. The predicted octanol–water partition coefficient (Wildman–Crippen LogP) is 0.930. The molecule has 1 spiro atoms. The maximum atomic E-state index is 5.62. The van der Waals surface area contributed by atoms with Gasteiger partial charge >= 0.3 is 0 Å². The molecule has 0 amide bonds. The van der Waals surface area contributed by atoms with Crippen LogP contribution in [0.5, 0.6) is 0 Å². The Labute approximate surface area is 164 Å². The Hall–Kier alpha value is -0.120. The van der Waals surface area contributed by atoms with Gasteiger partial charge in [-0.1, -0.05) is 6.92 Å². The zero-order valence-electron chi connectivity index (χ0n) is 15.3. The van der Waals surface area contributed by atoms with Gasteiger partial charge in [0.2, 0.25) is 0 Å². The van der Waals surface area contributed by atoms with E-state index in [2.05, 4.69) is 31.9 Å². The summed E-state index contributed by atoms with van der Waals surface area (Å²) in [7, 11) is 1.90. The van der Waals surface area contributed by atoms with Crippen LogP contribution in [-0.4, -0.2) is 99.8 Å². The van der Waals surface area contributed by atoms with Crippen LogP contribution in [-0.2, 0) is 4.74 Å². The lowest BCUT2D eigenvalue weighted by Crippen LogP contribution is -2.49. The first-order valence-corrected chi connectivity index (χ1v) is 9.23. The topological polar surface area (TPSA) is 43.3 Å². The Morgan fingerprint density at radius 1 is 1.12 bits per heavy atom. The number of rotatable bonds is 4. The molecule has 0 radical (unpaired) electrons. The zero-order valence-corrected chi connectivity index (χ0v) is 17.6. The van der Waals surface area contributed by atoms with E-state index in [1.807, 2.05) is 7.05 Å². The molecule has 3 aliphatic rings. The molecule has 3 aliphatic heterocycles. The molecule has 1 atom stereocenters. The minimum atomic E-state index is 0. The number of guanidine groups is 1. The third-order valence-corrected chi connectivity index (χ3v) is 5.76. The Morgan fingerprint density at radius 3 is 2.50 bits per heavy atom. The number of ether oxygens (including phenoxy) is 1. The van der Waals surface area contributed by atoms with E-state index in [0.29, 0.717) is 5.41 Å². The van der Waals surface area contributed by atoms with Gasteiger partial charge in [-0.3, -0.25) is 9.89 Å². The van der Waals surface area contributed by atoms with E-state index in [4.69, 9.17) is 4.74 Å². The van der Waals surface area contributed by atoms with Gasteiger partial charge in [0.05, 0.1) is 6.61 Å². The van der Waals surface area contributed by atoms with Crippen LogP contribution in [0.25, 0.3) is 0 Å². The number of aliphatic imine (C=N–C) groups is 1. The molecule has 140 valence electrons. The van der Waals surface area contributed by atoms with E-state index in [1.165, 1.54) is 45.6 Å². The summed E-state index contributed by atoms with van der Waals surface area (Å²) < 4.78 is 5.62. The lowest BCUT2D eigenvalue weighted by molar-refractivity contribution is 0.139. The van der Waals surface area contributed by atoms with Crippen molar-refractivity contribution in [3.63, 3.8) is 0 Å². The average molecular weight is 451 g/mol. The minimum absolute atomic E-state index is 0. The third-order valence-electron chi connectivity index (χ3n) is 5.76. The van der Waals surface area contributed by atoms with Crippen molar-refractivity contribution in [1.29, 1.82) is 0 Å². The fourth-order valence-electron chi connectivity index (χ4n) is 4.07. The van der Waals surface area contributed by atoms with Crippen molar-refractivity contribution in [1.82, 2.24) is 20.0 Å². The second-order valence-electron chi connectivity index (χ2n) is 7.22. The van der Waals surface area contributed by atoms with Crippen LogP contribution in [0.2, 0.25) is 0 Å². The molecule has 0 aromatic heterocycles. The molecule has 3 heterocycles. The highest BCUT2D eigenvalue weighted by Crippen LogP contribution is 2.38. The van der Waals surface area contributed by atoms with Crippen LogP contribution in [0.3, 0.4) is 0 Å². The van der Waals surface area contributed by atoms with E-state index >= 15 is 0 Å². The SMILES string of the molecule is CCN1CCN(CCNC(=NC)N2CCC3(CCOC3)C2)CC1.I. The summed E-state index contributed by atoms with van der Waals surface area (Å²) in [6.07, 6.45) is 2.45. The fraction of sp³-hybridized carbons (Fsp3) is 0.941. The molecule has 1 unspecified atom stereocenters. The first-order valence-electron chi connectivity index (χ1n) is 9.23. The monoisotopic (exact) mass is 451 g/mol. The second kappa shape index (κ2) is 9.54. The van der Waals surface area contributed by atoms with Crippen molar-refractivity contribution in [2.24, 2.45) is 10.4 Å². The van der Waals surface area contributed by atoms with Gasteiger partial charge in [0.25, 0.3) is 0 Å². The van der Waals surface area contributed by atoms with Crippen molar-refractivity contribution in [3.8, 4) is 0 Å². The summed E-state index contributed by atoms with van der Waals surface area (Å²) in [4.78, 5) is 12.0. The maximum absolute atomic E-state index is 5.62. The molecule has 24 heavy (non-hydrogen) atoms. The average Bonchev–Trinajstić information content (AvgIpc) is 3.22. The number of halogens is 1. The van der Waals surface area contributed by atoms with Crippen LogP contribution < -0.4 is 5.32 Å². The molecule has 3 rings (SSSR count). The van der Waals surface area contributed by atoms with Crippen molar-refractivity contribution >= 4 is 29.9 Å². The molecular formula is C17H34IN5O. The maximum Gasteiger partial charge on any atom is 0.193 e. The molecule has 1 N–H and O–H groups in total. The van der Waals surface area contributed by atoms with Gasteiger partial charge < -0.3 is 19.9 Å². The fourth-order valence-corrected chi connectivity index (χ4v) is 4.07. The number of piperazine rings is 1. The summed E-state index contributed by atoms with van der Waals surface area (Å²) in [6, 6.07) is 0. The smallest absolute Gasteiger partial charge is 0.193 e. The molecule has 0 saturated carbocycles. The molecule has 0 aromatic carbocycles. The van der Waals surface area contributed by atoms with Crippen molar-refractivity contribution in [2.75, 3.05) is 79.2 Å². The van der Waals surface area contributed by atoms with E-state index in [9.17, 15) is 0 Å². The van der Waals surface area contributed by atoms with Gasteiger partial charge in [0, 0.05) is 71.4 Å². The van der Waals surface area contributed by atoms with Gasteiger partial charge in [-0.2, -0.15) is 0 Å². The minimum Gasteiger partial charge on any atom is -0.381 e. The van der Waals surface area contributed by atoms with Gasteiger partial charge in [-0.15, -0.1) is 24.0 Å². The number of hydrogen-bond donors (Lipinski definition) is 1. The highest BCUT2D eigenvalue weighted by Gasteiger charge is 2.42. The summed E-state index contributed by atoms with van der Waals surface area (Å²) in [6.45, 7) is 14.4. The van der Waals surface area contributed by atoms with Crippen molar-refractivity contribution < 1.29 is 4.74 Å². The molecule has 7 heteroatoms. The van der Waals surface area contributed by atoms with E-state index in [1.54, 1.807) is 0 Å². The highest BCUT2D eigenvalue weighted by molar-refractivity contribution is 14.0. The summed E-state index contributed by atoms with van der Waals surface area (Å²) in [5.41, 5.74) is 0.397. The lowest BCUT2D eigenvalue weighted by Gasteiger charge is -2.34. The number of likely N-dealkylation sites (tertiary alicyclic amines) is 1. The van der Waals surface area contributed by atoms with E-state index in [-0.39, 0.29) is 24.0 Å². The Balaban J connectivity index is 0.00000208. The number of nitrogens with zero attached hydrogens (tertiary/aromatic N) is 4. The summed E-state index contributed by atoms with van der Waals surface area (Å²) in [5.74, 6) is 1.07. The Morgan fingerprint density at radius 2 is 1.88 bits per heavy atom. The summed E-state index contributed by atoms with van der Waals surface area (Å²) >= 11 is 0. The van der Waals surface area contributed by atoms with Gasteiger partial charge in [-0.25, -0.2) is 0 Å². The third kappa shape index (κ3) is 4.95. The molecule has 0 bridgehead atoms. The van der Waals surface area contributed by atoms with Crippen LogP contribution in [0.1, 0.15) is 19.8 Å². The Bertz CT molecular complexity index is 406. The predicted molar refractivity (Wildman–Crippen MR) is 109 cm³/mol. The molecular weight excluding hydrogens is 417 g/mol. The number of hydrogen-bond acceptors (Lipinski definition) is 4. The lowest BCUT2D eigenvalue weighted by atomic mass is 9.87. The molecule has 0 aliphatic carbocycles. The zero-order chi connectivity index (χ0) is 16.1. The van der Waals surface area contributed by atoms with Crippen molar-refractivity contribution in [3.05, 3.63) is 0 Å². The standard InChI is InChI=1S/C17H33N5O.HI/c1-3-20-9-11-21(12-10-20)8-6-19-16(18-2)22-7-4-17(14-22)5-13-23-15-17;/h3-15H2,1-2H3,(H,18,19);1H. The number of likely N-dealkylation sites (N-methyl/N-ethyl adjacent to an activating group) is 1. The number of nitrogens with one attached hydrogen (secondary N) is 1. The molecule has 3 fully saturated rings. The van der Waals surface area contributed by atoms with Crippen LogP contribution in [0.15, 0.2) is 4.99 Å². The van der Waals surface area contributed by atoms with Gasteiger partial charge in [-0.05, 0) is 19.4 Å². The largest absolute Gasteiger partial charge is 0.381 e. The molecule has 3 saturated heterocycles. The van der Waals surface area contributed by atoms with E-state index < -0.39 is 0 Å². The summed E-state index contributed by atoms with van der Waals surface area (Å²) in [5, 5.41) is 3.57. The molecule has 0 aromatic rings. The van der Waals surface area contributed by atoms with Crippen LogP contribution in [0.4, 0.5) is 0 Å². The van der Waals surface area contributed by atoms with Gasteiger partial charge in [0.15, 0.2) is 5.96 Å². The van der Waals surface area contributed by atoms with E-state index in [0.717, 1.165) is 45.4 Å². The normalized spacial score (nSPS) is 29.2. The van der Waals surface area contributed by atoms with Crippen molar-refractivity contribution in [2.45, 2.75) is 19.8 Å². The first-order chi connectivity index (χ1) is 11.2. The van der Waals surface area contributed by atoms with Gasteiger partial charge in [0.1, 0.15) is 0 Å². The van der Waals surface area contributed by atoms with Crippen LogP contribution in [0, 0.1) is 5.41 Å². The second-order valence-corrected chi connectivity index (χ2v) is 7.22. The molecule has 6 nitrogen and oxygen atoms in total. The Kier molecular flexibility index (Phi) is 8.03. The first kappa shape index (κ1) is 20.2. The quantitative estimate of drug-likeness (QED) is 0.392. The van der Waals surface area contributed by atoms with Crippen LogP contribution >= 0.6 is 24.0 Å².